The third kappa shape index (κ3) is 1.55. The molecule has 0 radical (unpaired) electrons. The van der Waals surface area contributed by atoms with E-state index < -0.39 is 0 Å². The van der Waals surface area contributed by atoms with Gasteiger partial charge in [0.15, 0.2) is 0 Å². The molecule has 1 aromatic heterocycles. The molecule has 0 amide bonds. The molecule has 14 heavy (non-hydrogen) atoms. The van der Waals surface area contributed by atoms with Gasteiger partial charge in [-0.2, -0.15) is 0 Å². The molecule has 2 N–H and O–H groups in total. The van der Waals surface area contributed by atoms with Crippen molar-refractivity contribution in [1.82, 2.24) is 4.98 Å². The number of fused-ring (bicyclic) bond motifs is 1. The van der Waals surface area contributed by atoms with Crippen LogP contribution in [-0.2, 0) is 6.42 Å². The minimum absolute atomic E-state index is 0.230. The highest BCUT2D eigenvalue weighted by Gasteiger charge is 2.29. The highest BCUT2D eigenvalue weighted by Crippen LogP contribution is 2.36. The van der Waals surface area contributed by atoms with Crippen LogP contribution < -0.4 is 5.73 Å². The van der Waals surface area contributed by atoms with Crippen LogP contribution in [0, 0.1) is 5.92 Å². The molecule has 1 aliphatic rings. The molecule has 2 rings (SSSR count). The van der Waals surface area contributed by atoms with Crippen LogP contribution in [0.15, 0.2) is 18.3 Å². The Bertz CT molecular complexity index is 320. The van der Waals surface area contributed by atoms with E-state index in [1.807, 2.05) is 12.3 Å². The van der Waals surface area contributed by atoms with Gasteiger partial charge < -0.3 is 5.73 Å². The lowest BCUT2D eigenvalue weighted by Crippen LogP contribution is -2.33. The van der Waals surface area contributed by atoms with Crippen LogP contribution in [0.3, 0.4) is 0 Å². The molecule has 76 valence electrons. The zero-order valence-corrected chi connectivity index (χ0v) is 8.90. The monoisotopic (exact) mass is 190 g/mol. The SMILES string of the molecule is CC(N)C1c2cccnc2CCC1C. The molecule has 0 bridgehead atoms. The smallest absolute Gasteiger partial charge is 0.0439 e. The van der Waals surface area contributed by atoms with Crippen LogP contribution in [0.1, 0.15) is 37.4 Å². The zero-order valence-electron chi connectivity index (χ0n) is 8.90. The maximum absolute atomic E-state index is 6.04. The zero-order chi connectivity index (χ0) is 10.1. The molecule has 0 saturated heterocycles. The van der Waals surface area contributed by atoms with Crippen molar-refractivity contribution < 1.29 is 0 Å². The van der Waals surface area contributed by atoms with Crippen molar-refractivity contribution >= 4 is 0 Å². The molecule has 0 saturated carbocycles. The number of nitrogens with two attached hydrogens (primary N) is 1. The summed E-state index contributed by atoms with van der Waals surface area (Å²) in [6.45, 7) is 4.40. The first-order valence-electron chi connectivity index (χ1n) is 5.39. The molecule has 0 aromatic carbocycles. The molecule has 3 atom stereocenters. The van der Waals surface area contributed by atoms with E-state index in [9.17, 15) is 0 Å². The highest BCUT2D eigenvalue weighted by molar-refractivity contribution is 5.28. The number of nitrogens with zero attached hydrogens (tertiary/aromatic N) is 1. The molecule has 1 aromatic rings. The summed E-state index contributed by atoms with van der Waals surface area (Å²) < 4.78 is 0. The molecule has 1 aliphatic carbocycles. The fraction of sp³-hybridized carbons (Fsp3) is 0.583. The lowest BCUT2D eigenvalue weighted by Gasteiger charge is -2.33. The lowest BCUT2D eigenvalue weighted by atomic mass is 9.75. The van der Waals surface area contributed by atoms with Gasteiger partial charge in [-0.05, 0) is 37.3 Å². The Morgan fingerprint density at radius 3 is 3.07 bits per heavy atom. The van der Waals surface area contributed by atoms with Crippen LogP contribution >= 0.6 is 0 Å². The fourth-order valence-corrected chi connectivity index (χ4v) is 2.61. The van der Waals surface area contributed by atoms with E-state index in [0.29, 0.717) is 11.8 Å². The van der Waals surface area contributed by atoms with Crippen molar-refractivity contribution in [2.24, 2.45) is 11.7 Å². The number of aryl methyl sites for hydroxylation is 1. The normalized spacial score (nSPS) is 28.2. The van der Waals surface area contributed by atoms with Crippen molar-refractivity contribution in [2.75, 3.05) is 0 Å². The summed E-state index contributed by atoms with van der Waals surface area (Å²) in [5.74, 6) is 1.18. The van der Waals surface area contributed by atoms with Gasteiger partial charge in [-0.25, -0.2) is 0 Å². The van der Waals surface area contributed by atoms with E-state index >= 15 is 0 Å². The second kappa shape index (κ2) is 3.70. The Kier molecular flexibility index (Phi) is 2.55. The Labute approximate surface area is 85.5 Å². The summed E-state index contributed by atoms with van der Waals surface area (Å²) in [4.78, 5) is 4.43. The van der Waals surface area contributed by atoms with Crippen molar-refractivity contribution in [3.05, 3.63) is 29.6 Å². The highest BCUT2D eigenvalue weighted by atomic mass is 14.7. The minimum Gasteiger partial charge on any atom is -0.327 e. The Hall–Kier alpha value is -0.890. The Morgan fingerprint density at radius 1 is 1.57 bits per heavy atom. The van der Waals surface area contributed by atoms with Crippen molar-refractivity contribution in [3.63, 3.8) is 0 Å². The first-order valence-corrected chi connectivity index (χ1v) is 5.39. The van der Waals surface area contributed by atoms with E-state index in [-0.39, 0.29) is 6.04 Å². The maximum Gasteiger partial charge on any atom is 0.0439 e. The van der Waals surface area contributed by atoms with E-state index in [1.54, 1.807) is 0 Å². The van der Waals surface area contributed by atoms with Gasteiger partial charge in [-0.3, -0.25) is 4.98 Å². The van der Waals surface area contributed by atoms with Crippen molar-refractivity contribution in [3.8, 4) is 0 Å². The number of rotatable bonds is 1. The number of hydrogen-bond donors (Lipinski definition) is 1. The summed E-state index contributed by atoms with van der Waals surface area (Å²) in [6.07, 6.45) is 4.21. The van der Waals surface area contributed by atoms with Gasteiger partial charge in [0.25, 0.3) is 0 Å². The van der Waals surface area contributed by atoms with Crippen molar-refractivity contribution in [1.29, 1.82) is 0 Å². The fourth-order valence-electron chi connectivity index (χ4n) is 2.61. The molecule has 0 spiro atoms. The molecular weight excluding hydrogens is 172 g/mol. The average Bonchev–Trinajstić information content (AvgIpc) is 2.17. The van der Waals surface area contributed by atoms with Crippen LogP contribution in [0.4, 0.5) is 0 Å². The molecule has 3 unspecified atom stereocenters. The second-order valence-corrected chi connectivity index (χ2v) is 4.44. The molecule has 2 nitrogen and oxygen atoms in total. The van der Waals surface area contributed by atoms with Gasteiger partial charge in [0.2, 0.25) is 0 Å². The number of pyridine rings is 1. The Balaban J connectivity index is 2.41. The van der Waals surface area contributed by atoms with Gasteiger partial charge >= 0.3 is 0 Å². The third-order valence-electron chi connectivity index (χ3n) is 3.30. The van der Waals surface area contributed by atoms with Gasteiger partial charge in [0.1, 0.15) is 0 Å². The van der Waals surface area contributed by atoms with Crippen LogP contribution in [0.5, 0.6) is 0 Å². The first kappa shape index (κ1) is 9.66. The molecule has 0 fully saturated rings. The van der Waals surface area contributed by atoms with E-state index in [0.717, 1.165) is 6.42 Å². The molecular formula is C12H18N2. The maximum atomic E-state index is 6.04. The van der Waals surface area contributed by atoms with E-state index in [1.165, 1.54) is 17.7 Å². The van der Waals surface area contributed by atoms with Gasteiger partial charge in [-0.15, -0.1) is 0 Å². The van der Waals surface area contributed by atoms with Gasteiger partial charge in [0, 0.05) is 23.9 Å². The summed E-state index contributed by atoms with van der Waals surface area (Å²) in [5, 5.41) is 0. The van der Waals surface area contributed by atoms with E-state index in [2.05, 4.69) is 24.9 Å². The summed E-state index contributed by atoms with van der Waals surface area (Å²) in [5.41, 5.74) is 8.68. The lowest BCUT2D eigenvalue weighted by molar-refractivity contribution is 0.358. The standard InChI is InChI=1S/C12H18N2/c1-8-5-6-11-10(4-3-7-14-11)12(8)9(2)13/h3-4,7-9,12H,5-6,13H2,1-2H3. The Morgan fingerprint density at radius 2 is 2.36 bits per heavy atom. The van der Waals surface area contributed by atoms with E-state index in [4.69, 9.17) is 5.73 Å². The summed E-state index contributed by atoms with van der Waals surface area (Å²) >= 11 is 0. The van der Waals surface area contributed by atoms with Crippen LogP contribution in [0.25, 0.3) is 0 Å². The second-order valence-electron chi connectivity index (χ2n) is 4.44. The molecule has 2 heteroatoms. The van der Waals surface area contributed by atoms with Gasteiger partial charge in [0.05, 0.1) is 0 Å². The molecule has 0 aliphatic heterocycles. The average molecular weight is 190 g/mol. The largest absolute Gasteiger partial charge is 0.327 e. The number of hydrogen-bond acceptors (Lipinski definition) is 2. The molecule has 1 heterocycles. The van der Waals surface area contributed by atoms with Gasteiger partial charge in [-0.1, -0.05) is 13.0 Å². The first-order chi connectivity index (χ1) is 6.70. The van der Waals surface area contributed by atoms with Crippen molar-refractivity contribution in [2.45, 2.75) is 38.6 Å². The predicted octanol–water partition coefficient (Wildman–Crippen LogP) is 2.09. The summed E-state index contributed by atoms with van der Waals surface area (Å²) in [6, 6.07) is 4.44. The summed E-state index contributed by atoms with van der Waals surface area (Å²) in [7, 11) is 0. The minimum atomic E-state index is 0.230. The number of aromatic nitrogens is 1. The predicted molar refractivity (Wildman–Crippen MR) is 58.1 cm³/mol. The van der Waals surface area contributed by atoms with Crippen LogP contribution in [0.2, 0.25) is 0 Å². The third-order valence-corrected chi connectivity index (χ3v) is 3.30. The topological polar surface area (TPSA) is 38.9 Å². The van der Waals surface area contributed by atoms with Crippen LogP contribution in [-0.4, -0.2) is 11.0 Å². The quantitative estimate of drug-likeness (QED) is 0.736.